The summed E-state index contributed by atoms with van der Waals surface area (Å²) in [5.41, 5.74) is 2.34. The fraction of sp³-hybridized carbons (Fsp3) is 0.636. The van der Waals surface area contributed by atoms with Gasteiger partial charge in [-0.15, -0.1) is 0 Å². The molecule has 2 aliphatic rings. The Morgan fingerprint density at radius 3 is 2.74 bits per heavy atom. The zero-order valence-electron chi connectivity index (χ0n) is 16.7. The van der Waals surface area contributed by atoms with E-state index in [0.717, 1.165) is 25.1 Å². The van der Waals surface area contributed by atoms with Gasteiger partial charge in [0.25, 0.3) is 0 Å². The second-order valence-electron chi connectivity index (χ2n) is 8.40. The van der Waals surface area contributed by atoms with Gasteiger partial charge in [-0.3, -0.25) is 9.59 Å². The van der Waals surface area contributed by atoms with E-state index in [1.807, 2.05) is 26.0 Å². The monoisotopic (exact) mass is 371 g/mol. The molecule has 0 bridgehead atoms. The van der Waals surface area contributed by atoms with E-state index in [0.29, 0.717) is 31.8 Å². The maximum absolute atomic E-state index is 12.9. The van der Waals surface area contributed by atoms with Crippen molar-refractivity contribution < 1.29 is 9.59 Å². The highest BCUT2D eigenvalue weighted by molar-refractivity contribution is 5.88. The quantitative estimate of drug-likeness (QED) is 0.808. The molecule has 1 aromatic rings. The number of carbonyl (C=O) groups excluding carboxylic acids is 2. The van der Waals surface area contributed by atoms with Crippen molar-refractivity contribution in [3.05, 3.63) is 35.4 Å². The van der Waals surface area contributed by atoms with Crippen molar-refractivity contribution in [1.82, 2.24) is 15.5 Å². The molecule has 1 aromatic carbocycles. The van der Waals surface area contributed by atoms with Crippen molar-refractivity contribution in [2.75, 3.05) is 19.6 Å². The molecule has 2 N–H and O–H groups in total. The molecule has 2 heterocycles. The lowest BCUT2D eigenvalue weighted by molar-refractivity contribution is -0.142. The lowest BCUT2D eigenvalue weighted by Crippen LogP contribution is -2.53. The highest BCUT2D eigenvalue weighted by atomic mass is 16.2. The average Bonchev–Trinajstić information content (AvgIpc) is 2.67. The largest absolute Gasteiger partial charge is 0.354 e. The lowest BCUT2D eigenvalue weighted by atomic mass is 9.92. The van der Waals surface area contributed by atoms with Crippen molar-refractivity contribution in [3.8, 4) is 0 Å². The number of nitrogens with one attached hydrogen (secondary N) is 2. The molecule has 3 rings (SSSR count). The molecule has 2 atom stereocenters. The summed E-state index contributed by atoms with van der Waals surface area (Å²) in [6.07, 6.45) is 4.55. The number of rotatable bonds is 6. The molecule has 148 valence electrons. The minimum Gasteiger partial charge on any atom is -0.354 e. The third-order valence-electron chi connectivity index (χ3n) is 5.71. The predicted molar refractivity (Wildman–Crippen MR) is 107 cm³/mol. The van der Waals surface area contributed by atoms with E-state index >= 15 is 0 Å². The molecule has 27 heavy (non-hydrogen) atoms. The smallest absolute Gasteiger partial charge is 0.243 e. The molecule has 1 fully saturated rings. The van der Waals surface area contributed by atoms with Gasteiger partial charge in [0.1, 0.15) is 6.04 Å². The Hall–Kier alpha value is -1.88. The third kappa shape index (κ3) is 5.32. The number of nitrogens with zero attached hydrogens (tertiary/aromatic N) is 1. The van der Waals surface area contributed by atoms with Crippen LogP contribution < -0.4 is 10.6 Å². The van der Waals surface area contributed by atoms with Crippen LogP contribution in [0.2, 0.25) is 0 Å². The summed E-state index contributed by atoms with van der Waals surface area (Å²) in [5, 5.41) is 6.53. The Kier molecular flexibility index (Phi) is 6.89. The van der Waals surface area contributed by atoms with Gasteiger partial charge in [-0.05, 0) is 55.3 Å². The Bertz CT molecular complexity index is 653. The lowest BCUT2D eigenvalue weighted by Gasteiger charge is -2.36. The van der Waals surface area contributed by atoms with E-state index in [1.54, 1.807) is 4.90 Å². The minimum atomic E-state index is -0.393. The van der Waals surface area contributed by atoms with Gasteiger partial charge in [-0.1, -0.05) is 38.1 Å². The van der Waals surface area contributed by atoms with Crippen molar-refractivity contribution in [2.45, 2.75) is 58.5 Å². The molecule has 0 aromatic heterocycles. The highest BCUT2D eigenvalue weighted by Crippen LogP contribution is 2.25. The van der Waals surface area contributed by atoms with Crippen molar-refractivity contribution in [3.63, 3.8) is 0 Å². The fourth-order valence-corrected chi connectivity index (χ4v) is 4.17. The predicted octanol–water partition coefficient (Wildman–Crippen LogP) is 2.49. The SMILES string of the molecule is CC(C)CC(=O)N1Cc2ccccc2CC1C(=O)NCCC1CCCNC1. The van der Waals surface area contributed by atoms with Gasteiger partial charge >= 0.3 is 0 Å². The summed E-state index contributed by atoms with van der Waals surface area (Å²) in [7, 11) is 0. The maximum Gasteiger partial charge on any atom is 0.243 e. The van der Waals surface area contributed by atoms with Crippen LogP contribution in [-0.2, 0) is 22.6 Å². The van der Waals surface area contributed by atoms with Gasteiger partial charge in [-0.2, -0.15) is 0 Å². The van der Waals surface area contributed by atoms with Crippen LogP contribution in [0.4, 0.5) is 0 Å². The van der Waals surface area contributed by atoms with Crippen LogP contribution in [0.25, 0.3) is 0 Å². The number of carbonyl (C=O) groups is 2. The van der Waals surface area contributed by atoms with Gasteiger partial charge in [-0.25, -0.2) is 0 Å². The summed E-state index contributed by atoms with van der Waals surface area (Å²) >= 11 is 0. The molecular formula is C22H33N3O2. The Balaban J connectivity index is 1.63. The van der Waals surface area contributed by atoms with Crippen molar-refractivity contribution >= 4 is 11.8 Å². The molecule has 5 heteroatoms. The summed E-state index contributed by atoms with van der Waals surface area (Å²) in [6, 6.07) is 7.76. The summed E-state index contributed by atoms with van der Waals surface area (Å²) in [5.74, 6) is 1.00. The number of hydrogen-bond donors (Lipinski definition) is 2. The van der Waals surface area contributed by atoms with Crippen LogP contribution in [0.3, 0.4) is 0 Å². The molecule has 5 nitrogen and oxygen atoms in total. The van der Waals surface area contributed by atoms with Crippen LogP contribution in [-0.4, -0.2) is 42.4 Å². The number of benzene rings is 1. The topological polar surface area (TPSA) is 61.4 Å². The number of hydrogen-bond acceptors (Lipinski definition) is 3. The van der Waals surface area contributed by atoms with Crippen LogP contribution in [0, 0.1) is 11.8 Å². The molecule has 2 unspecified atom stereocenters. The number of amides is 2. The zero-order chi connectivity index (χ0) is 19.2. The van der Waals surface area contributed by atoms with Gasteiger partial charge in [0.05, 0.1) is 0 Å². The molecular weight excluding hydrogens is 338 g/mol. The second kappa shape index (κ2) is 9.36. The molecule has 2 amide bonds. The average molecular weight is 372 g/mol. The zero-order valence-corrected chi connectivity index (χ0v) is 16.7. The summed E-state index contributed by atoms with van der Waals surface area (Å²) in [6.45, 7) is 7.47. The van der Waals surface area contributed by atoms with Gasteiger partial charge in [0, 0.05) is 25.9 Å². The van der Waals surface area contributed by atoms with E-state index in [2.05, 4.69) is 22.8 Å². The van der Waals surface area contributed by atoms with Gasteiger partial charge in [0.15, 0.2) is 0 Å². The number of piperidine rings is 1. The third-order valence-corrected chi connectivity index (χ3v) is 5.71. The first kappa shape index (κ1) is 19.9. The summed E-state index contributed by atoms with van der Waals surface area (Å²) in [4.78, 5) is 27.5. The van der Waals surface area contributed by atoms with E-state index < -0.39 is 6.04 Å². The van der Waals surface area contributed by atoms with E-state index in [1.165, 1.54) is 18.4 Å². The Labute approximate surface area is 162 Å². The first-order valence-electron chi connectivity index (χ1n) is 10.4. The van der Waals surface area contributed by atoms with Crippen LogP contribution in [0.5, 0.6) is 0 Å². The van der Waals surface area contributed by atoms with Crippen molar-refractivity contribution in [1.29, 1.82) is 0 Å². The second-order valence-corrected chi connectivity index (χ2v) is 8.40. The van der Waals surface area contributed by atoms with E-state index in [-0.39, 0.29) is 17.7 Å². The van der Waals surface area contributed by atoms with Crippen LogP contribution in [0.15, 0.2) is 24.3 Å². The first-order valence-corrected chi connectivity index (χ1v) is 10.4. The first-order chi connectivity index (χ1) is 13.0. The molecule has 2 aliphatic heterocycles. The minimum absolute atomic E-state index is 0.00891. The molecule has 0 saturated carbocycles. The highest BCUT2D eigenvalue weighted by Gasteiger charge is 2.34. The summed E-state index contributed by atoms with van der Waals surface area (Å²) < 4.78 is 0. The maximum atomic E-state index is 12.9. The van der Waals surface area contributed by atoms with Crippen LogP contribution in [0.1, 0.15) is 50.7 Å². The molecule has 0 spiro atoms. The van der Waals surface area contributed by atoms with Crippen LogP contribution >= 0.6 is 0 Å². The number of fused-ring (bicyclic) bond motifs is 1. The van der Waals surface area contributed by atoms with Gasteiger partial charge < -0.3 is 15.5 Å². The Morgan fingerprint density at radius 1 is 1.26 bits per heavy atom. The van der Waals surface area contributed by atoms with Gasteiger partial charge in [0.2, 0.25) is 11.8 Å². The fourth-order valence-electron chi connectivity index (χ4n) is 4.17. The van der Waals surface area contributed by atoms with E-state index in [4.69, 9.17) is 0 Å². The van der Waals surface area contributed by atoms with E-state index in [9.17, 15) is 9.59 Å². The molecule has 0 aliphatic carbocycles. The Morgan fingerprint density at radius 2 is 2.04 bits per heavy atom. The molecule has 0 radical (unpaired) electrons. The molecule has 1 saturated heterocycles. The van der Waals surface area contributed by atoms with Crippen molar-refractivity contribution in [2.24, 2.45) is 11.8 Å². The normalized spacial score (nSPS) is 22.4. The standard InChI is InChI=1S/C22H33N3O2/c1-16(2)12-21(26)25-15-19-8-4-3-7-18(19)13-20(25)22(27)24-11-9-17-6-5-10-23-14-17/h3-4,7-8,16-17,20,23H,5-6,9-15H2,1-2H3,(H,24,27).